The molecule has 98 valence electrons. The molecule has 0 saturated heterocycles. The molecule has 0 bridgehead atoms. The van der Waals surface area contributed by atoms with Crippen LogP contribution in [0, 0.1) is 12.3 Å². The van der Waals surface area contributed by atoms with Crippen LogP contribution in [0.5, 0.6) is 0 Å². The zero-order valence-electron chi connectivity index (χ0n) is 11.4. The number of carbonyl (C=O) groups is 1. The fourth-order valence-electron chi connectivity index (χ4n) is 2.50. The summed E-state index contributed by atoms with van der Waals surface area (Å²) in [6, 6.07) is 3.74. The van der Waals surface area contributed by atoms with Crippen LogP contribution in [0.1, 0.15) is 42.1 Å². The first-order valence-corrected chi connectivity index (χ1v) is 6.40. The van der Waals surface area contributed by atoms with Gasteiger partial charge in [0.15, 0.2) is 17.4 Å². The van der Waals surface area contributed by atoms with E-state index in [1.54, 1.807) is 6.20 Å². The van der Waals surface area contributed by atoms with Crippen LogP contribution in [0.2, 0.25) is 0 Å². The minimum Gasteiger partial charge on any atom is -0.458 e. The van der Waals surface area contributed by atoms with E-state index in [2.05, 4.69) is 23.8 Å². The lowest BCUT2D eigenvalue weighted by atomic mass is 9.76. The highest BCUT2D eigenvalue weighted by atomic mass is 16.3. The highest BCUT2D eigenvalue weighted by Crippen LogP contribution is 2.34. The first-order valence-electron chi connectivity index (χ1n) is 6.40. The van der Waals surface area contributed by atoms with E-state index in [-0.39, 0.29) is 11.2 Å². The number of hydrogen-bond acceptors (Lipinski definition) is 4. The third-order valence-electron chi connectivity index (χ3n) is 3.41. The summed E-state index contributed by atoms with van der Waals surface area (Å²) in [6.45, 7) is 6.06. The average molecular weight is 256 g/mol. The van der Waals surface area contributed by atoms with Gasteiger partial charge in [0.1, 0.15) is 5.76 Å². The van der Waals surface area contributed by atoms with Crippen LogP contribution in [-0.2, 0) is 6.42 Å². The predicted molar refractivity (Wildman–Crippen MR) is 70.9 cm³/mol. The zero-order valence-corrected chi connectivity index (χ0v) is 11.4. The molecule has 0 spiro atoms. The summed E-state index contributed by atoms with van der Waals surface area (Å²) >= 11 is 0. The molecule has 2 aromatic rings. The Balaban J connectivity index is 2.06. The molecule has 1 aliphatic carbocycles. The second-order valence-corrected chi connectivity index (χ2v) is 5.91. The van der Waals surface area contributed by atoms with Gasteiger partial charge in [-0.1, -0.05) is 13.8 Å². The molecule has 0 radical (unpaired) electrons. The number of carbonyl (C=O) groups excluding carboxylic acids is 1. The van der Waals surface area contributed by atoms with Crippen LogP contribution < -0.4 is 0 Å². The van der Waals surface area contributed by atoms with Gasteiger partial charge in [-0.15, -0.1) is 0 Å². The maximum Gasteiger partial charge on any atom is 0.195 e. The van der Waals surface area contributed by atoms with Crippen molar-refractivity contribution in [3.63, 3.8) is 0 Å². The lowest BCUT2D eigenvalue weighted by Gasteiger charge is -2.29. The van der Waals surface area contributed by atoms with Gasteiger partial charge in [0, 0.05) is 12.6 Å². The molecule has 19 heavy (non-hydrogen) atoms. The highest BCUT2D eigenvalue weighted by Gasteiger charge is 2.32. The van der Waals surface area contributed by atoms with E-state index >= 15 is 0 Å². The van der Waals surface area contributed by atoms with Crippen LogP contribution in [0.15, 0.2) is 22.7 Å². The van der Waals surface area contributed by atoms with Gasteiger partial charge in [0.25, 0.3) is 0 Å². The SMILES string of the molecule is Cc1ccc(-c2ncc3c(n2)CC(C)(C)CC3=O)o1. The Bertz CT molecular complexity index is 656. The number of nitrogens with zero attached hydrogens (tertiary/aromatic N) is 2. The van der Waals surface area contributed by atoms with Crippen molar-refractivity contribution in [3.8, 4) is 11.6 Å². The largest absolute Gasteiger partial charge is 0.458 e. The Morgan fingerprint density at radius 1 is 1.26 bits per heavy atom. The van der Waals surface area contributed by atoms with Crippen molar-refractivity contribution in [2.45, 2.75) is 33.6 Å². The molecule has 1 aliphatic rings. The summed E-state index contributed by atoms with van der Waals surface area (Å²) < 4.78 is 5.53. The summed E-state index contributed by atoms with van der Waals surface area (Å²) in [5.74, 6) is 2.16. The molecule has 0 unspecified atom stereocenters. The number of ketones is 1. The Morgan fingerprint density at radius 2 is 2.05 bits per heavy atom. The Labute approximate surface area is 111 Å². The van der Waals surface area contributed by atoms with E-state index in [9.17, 15) is 4.79 Å². The van der Waals surface area contributed by atoms with Crippen molar-refractivity contribution in [1.29, 1.82) is 0 Å². The standard InChI is InChI=1S/C15H16N2O2/c1-9-4-5-13(19-9)14-16-8-10-11(17-14)6-15(2,3)7-12(10)18/h4-5,8H,6-7H2,1-3H3. The second kappa shape index (κ2) is 4.02. The molecule has 0 amide bonds. The van der Waals surface area contributed by atoms with E-state index in [4.69, 9.17) is 4.42 Å². The molecule has 2 heterocycles. The molecule has 4 heteroatoms. The normalized spacial score (nSPS) is 17.3. The monoisotopic (exact) mass is 256 g/mol. The van der Waals surface area contributed by atoms with Gasteiger partial charge in [-0.25, -0.2) is 9.97 Å². The van der Waals surface area contributed by atoms with Gasteiger partial charge in [-0.3, -0.25) is 4.79 Å². The molecule has 0 aliphatic heterocycles. The fourth-order valence-corrected chi connectivity index (χ4v) is 2.50. The van der Waals surface area contributed by atoms with Gasteiger partial charge >= 0.3 is 0 Å². The van der Waals surface area contributed by atoms with Gasteiger partial charge in [0.2, 0.25) is 0 Å². The third kappa shape index (κ3) is 2.18. The Morgan fingerprint density at radius 3 is 2.74 bits per heavy atom. The van der Waals surface area contributed by atoms with Crippen molar-refractivity contribution in [1.82, 2.24) is 9.97 Å². The Kier molecular flexibility index (Phi) is 2.55. The summed E-state index contributed by atoms with van der Waals surface area (Å²) in [5, 5.41) is 0. The molecular formula is C15H16N2O2. The zero-order chi connectivity index (χ0) is 13.6. The van der Waals surface area contributed by atoms with Crippen molar-refractivity contribution in [2.24, 2.45) is 5.41 Å². The molecule has 2 aromatic heterocycles. The first-order chi connectivity index (χ1) is 8.94. The molecule has 0 fully saturated rings. The molecule has 0 N–H and O–H groups in total. The van der Waals surface area contributed by atoms with Gasteiger partial charge in [0.05, 0.1) is 11.3 Å². The number of hydrogen-bond donors (Lipinski definition) is 0. The van der Waals surface area contributed by atoms with Crippen molar-refractivity contribution < 1.29 is 9.21 Å². The van der Waals surface area contributed by atoms with E-state index in [1.807, 2.05) is 19.1 Å². The number of aryl methyl sites for hydroxylation is 1. The average Bonchev–Trinajstić information content (AvgIpc) is 2.73. The minimum atomic E-state index is -0.0329. The van der Waals surface area contributed by atoms with E-state index in [1.165, 1.54) is 0 Å². The minimum absolute atomic E-state index is 0.0329. The van der Waals surface area contributed by atoms with Gasteiger partial charge in [-0.2, -0.15) is 0 Å². The molecule has 3 rings (SSSR count). The van der Waals surface area contributed by atoms with Gasteiger partial charge in [-0.05, 0) is 30.9 Å². The third-order valence-corrected chi connectivity index (χ3v) is 3.41. The van der Waals surface area contributed by atoms with Crippen LogP contribution in [-0.4, -0.2) is 15.8 Å². The van der Waals surface area contributed by atoms with Crippen LogP contribution >= 0.6 is 0 Å². The van der Waals surface area contributed by atoms with Gasteiger partial charge < -0.3 is 4.42 Å². The number of aromatic nitrogens is 2. The lowest BCUT2D eigenvalue weighted by molar-refractivity contribution is 0.0909. The molecular weight excluding hydrogens is 240 g/mol. The molecule has 0 aromatic carbocycles. The van der Waals surface area contributed by atoms with Crippen molar-refractivity contribution >= 4 is 5.78 Å². The molecule has 0 atom stereocenters. The van der Waals surface area contributed by atoms with Crippen molar-refractivity contribution in [3.05, 3.63) is 35.3 Å². The lowest BCUT2D eigenvalue weighted by Crippen LogP contribution is -2.28. The summed E-state index contributed by atoms with van der Waals surface area (Å²) in [7, 11) is 0. The van der Waals surface area contributed by atoms with Crippen LogP contribution in [0.3, 0.4) is 0 Å². The summed E-state index contributed by atoms with van der Waals surface area (Å²) in [5.41, 5.74) is 1.46. The summed E-state index contributed by atoms with van der Waals surface area (Å²) in [4.78, 5) is 20.8. The van der Waals surface area contributed by atoms with E-state index in [0.717, 1.165) is 17.9 Å². The number of furan rings is 1. The molecule has 4 nitrogen and oxygen atoms in total. The predicted octanol–water partition coefficient (Wildman–Crippen LogP) is 3.20. The van der Waals surface area contributed by atoms with Crippen molar-refractivity contribution in [2.75, 3.05) is 0 Å². The number of rotatable bonds is 1. The smallest absolute Gasteiger partial charge is 0.195 e. The second-order valence-electron chi connectivity index (χ2n) is 5.91. The quantitative estimate of drug-likeness (QED) is 0.786. The number of fused-ring (bicyclic) bond motifs is 1. The molecule has 0 saturated carbocycles. The number of Topliss-reactive ketones (excluding diaryl/α,β-unsaturated/α-hetero) is 1. The maximum absolute atomic E-state index is 12.0. The first kappa shape index (κ1) is 12.1. The summed E-state index contributed by atoms with van der Waals surface area (Å²) in [6.07, 6.45) is 2.99. The topological polar surface area (TPSA) is 56.0 Å². The highest BCUT2D eigenvalue weighted by molar-refractivity contribution is 5.98. The van der Waals surface area contributed by atoms with Crippen LogP contribution in [0.4, 0.5) is 0 Å². The van der Waals surface area contributed by atoms with Crippen LogP contribution in [0.25, 0.3) is 11.6 Å². The fraction of sp³-hybridized carbons (Fsp3) is 0.400. The maximum atomic E-state index is 12.0. The Hall–Kier alpha value is -1.97. The van der Waals surface area contributed by atoms with E-state index < -0.39 is 0 Å². The van der Waals surface area contributed by atoms with E-state index in [0.29, 0.717) is 23.6 Å².